The molecule has 2 rings (SSSR count). The maximum absolute atomic E-state index is 12.7. The summed E-state index contributed by atoms with van der Waals surface area (Å²) in [5, 5.41) is 20.1. The van der Waals surface area contributed by atoms with Crippen molar-refractivity contribution >= 4 is 11.6 Å². The molecule has 1 N–H and O–H groups in total. The number of nitrogens with zero attached hydrogens (tertiary/aromatic N) is 2. The lowest BCUT2D eigenvalue weighted by Crippen LogP contribution is -2.44. The van der Waals surface area contributed by atoms with Crippen LogP contribution in [0.2, 0.25) is 0 Å². The van der Waals surface area contributed by atoms with Crippen molar-refractivity contribution in [2.45, 2.75) is 38.6 Å². The lowest BCUT2D eigenvalue weighted by Gasteiger charge is -2.35. The number of aliphatic hydroxyl groups excluding tert-OH is 1. The van der Waals surface area contributed by atoms with Gasteiger partial charge in [-0.2, -0.15) is 0 Å². The number of aliphatic hydroxyl groups is 1. The van der Waals surface area contributed by atoms with Gasteiger partial charge in [0.25, 0.3) is 11.6 Å². The zero-order valence-electron chi connectivity index (χ0n) is 12.1. The van der Waals surface area contributed by atoms with E-state index in [0.717, 1.165) is 19.3 Å². The van der Waals surface area contributed by atoms with Crippen LogP contribution in [-0.2, 0) is 0 Å². The first kappa shape index (κ1) is 15.4. The molecule has 0 bridgehead atoms. The minimum absolute atomic E-state index is 0.0231. The Kier molecular flexibility index (Phi) is 4.90. The van der Waals surface area contributed by atoms with Crippen LogP contribution < -0.4 is 0 Å². The molecule has 1 unspecified atom stereocenters. The minimum Gasteiger partial charge on any atom is -0.396 e. The summed E-state index contributed by atoms with van der Waals surface area (Å²) in [6, 6.07) is 4.61. The fourth-order valence-corrected chi connectivity index (χ4v) is 2.92. The van der Waals surface area contributed by atoms with Crippen LogP contribution in [0.5, 0.6) is 0 Å². The number of carbonyl (C=O) groups excluding carboxylic acids is 1. The second-order valence-electron chi connectivity index (χ2n) is 5.37. The number of carbonyl (C=O) groups is 1. The van der Waals surface area contributed by atoms with E-state index in [1.54, 1.807) is 24.0 Å². The average Bonchev–Trinajstić information content (AvgIpc) is 2.47. The quantitative estimate of drug-likeness (QED) is 0.681. The molecule has 0 aromatic heterocycles. The Morgan fingerprint density at radius 2 is 2.24 bits per heavy atom. The first-order valence-electron chi connectivity index (χ1n) is 7.22. The van der Waals surface area contributed by atoms with Crippen LogP contribution in [0.3, 0.4) is 0 Å². The molecule has 0 spiro atoms. The molecule has 1 amide bonds. The highest BCUT2D eigenvalue weighted by molar-refractivity contribution is 5.96. The SMILES string of the molecule is Cc1c(C(=O)N2CCCCC2CCO)cccc1[N+](=O)[O-]. The predicted octanol–water partition coefficient (Wildman–Crippen LogP) is 2.28. The van der Waals surface area contributed by atoms with E-state index in [4.69, 9.17) is 5.11 Å². The van der Waals surface area contributed by atoms with Gasteiger partial charge in [-0.25, -0.2) is 0 Å². The summed E-state index contributed by atoms with van der Waals surface area (Å²) in [6.45, 7) is 2.30. The molecule has 114 valence electrons. The van der Waals surface area contributed by atoms with E-state index in [1.807, 2.05) is 0 Å². The number of nitro benzene ring substituents is 1. The highest BCUT2D eigenvalue weighted by Crippen LogP contribution is 2.26. The molecule has 1 aliphatic rings. The van der Waals surface area contributed by atoms with Gasteiger partial charge in [0.15, 0.2) is 0 Å². The predicted molar refractivity (Wildman–Crippen MR) is 78.2 cm³/mol. The van der Waals surface area contributed by atoms with Crippen LogP contribution in [-0.4, -0.2) is 40.0 Å². The third kappa shape index (κ3) is 3.21. The van der Waals surface area contributed by atoms with Crippen molar-refractivity contribution in [1.29, 1.82) is 0 Å². The van der Waals surface area contributed by atoms with E-state index in [2.05, 4.69) is 0 Å². The fourth-order valence-electron chi connectivity index (χ4n) is 2.92. The highest BCUT2D eigenvalue weighted by atomic mass is 16.6. The zero-order valence-corrected chi connectivity index (χ0v) is 12.1. The smallest absolute Gasteiger partial charge is 0.273 e. The topological polar surface area (TPSA) is 83.7 Å². The Labute approximate surface area is 123 Å². The highest BCUT2D eigenvalue weighted by Gasteiger charge is 2.29. The summed E-state index contributed by atoms with van der Waals surface area (Å²) in [6.07, 6.45) is 3.41. The van der Waals surface area contributed by atoms with E-state index < -0.39 is 4.92 Å². The number of amides is 1. The summed E-state index contributed by atoms with van der Waals surface area (Å²) < 4.78 is 0. The van der Waals surface area contributed by atoms with Crippen molar-refractivity contribution in [1.82, 2.24) is 4.90 Å². The van der Waals surface area contributed by atoms with Gasteiger partial charge in [0, 0.05) is 36.4 Å². The molecule has 1 heterocycles. The number of likely N-dealkylation sites (tertiary alicyclic amines) is 1. The second-order valence-corrected chi connectivity index (χ2v) is 5.37. The molecule has 1 saturated heterocycles. The molecule has 1 aliphatic heterocycles. The van der Waals surface area contributed by atoms with Crippen molar-refractivity contribution in [3.63, 3.8) is 0 Å². The minimum atomic E-state index is -0.465. The van der Waals surface area contributed by atoms with Crippen molar-refractivity contribution in [2.75, 3.05) is 13.2 Å². The second kappa shape index (κ2) is 6.67. The van der Waals surface area contributed by atoms with Crippen LogP contribution >= 0.6 is 0 Å². The lowest BCUT2D eigenvalue weighted by molar-refractivity contribution is -0.385. The molecular weight excluding hydrogens is 272 g/mol. The van der Waals surface area contributed by atoms with Gasteiger partial charge in [-0.05, 0) is 38.7 Å². The Morgan fingerprint density at radius 1 is 1.48 bits per heavy atom. The Morgan fingerprint density at radius 3 is 2.90 bits per heavy atom. The van der Waals surface area contributed by atoms with Gasteiger partial charge in [-0.3, -0.25) is 14.9 Å². The normalized spacial score (nSPS) is 18.6. The van der Waals surface area contributed by atoms with Gasteiger partial charge in [-0.1, -0.05) is 6.07 Å². The number of hydrogen-bond donors (Lipinski definition) is 1. The first-order chi connectivity index (χ1) is 10.1. The standard InChI is InChI=1S/C15H20N2O4/c1-11-13(6-4-7-14(11)17(20)21)15(19)16-9-3-2-5-12(16)8-10-18/h4,6-7,12,18H,2-3,5,8-10H2,1H3. The molecule has 1 fully saturated rings. The molecule has 21 heavy (non-hydrogen) atoms. The van der Waals surface area contributed by atoms with Crippen LogP contribution in [0.1, 0.15) is 41.6 Å². The maximum Gasteiger partial charge on any atom is 0.273 e. The summed E-state index contributed by atoms with van der Waals surface area (Å²) in [5.41, 5.74) is 0.756. The van der Waals surface area contributed by atoms with Crippen LogP contribution in [0.4, 0.5) is 5.69 Å². The molecule has 0 saturated carbocycles. The van der Waals surface area contributed by atoms with Gasteiger partial charge >= 0.3 is 0 Å². The lowest BCUT2D eigenvalue weighted by atomic mass is 9.97. The Balaban J connectivity index is 2.30. The molecule has 6 heteroatoms. The summed E-state index contributed by atoms with van der Waals surface area (Å²) in [5.74, 6) is -0.172. The maximum atomic E-state index is 12.7. The third-order valence-electron chi connectivity index (χ3n) is 4.08. The van der Waals surface area contributed by atoms with Gasteiger partial charge in [0.1, 0.15) is 0 Å². The fraction of sp³-hybridized carbons (Fsp3) is 0.533. The molecular formula is C15H20N2O4. The number of rotatable bonds is 4. The number of hydrogen-bond acceptors (Lipinski definition) is 4. The number of nitro groups is 1. The molecule has 6 nitrogen and oxygen atoms in total. The Hall–Kier alpha value is -1.95. The molecule has 1 aromatic carbocycles. The van der Waals surface area contributed by atoms with Crippen LogP contribution in [0.15, 0.2) is 18.2 Å². The molecule has 0 aliphatic carbocycles. The summed E-state index contributed by atoms with van der Waals surface area (Å²) in [4.78, 5) is 25.0. The van der Waals surface area contributed by atoms with Crippen molar-refractivity contribution in [3.05, 3.63) is 39.4 Å². The molecule has 1 atom stereocenters. The van der Waals surface area contributed by atoms with Gasteiger partial charge < -0.3 is 10.0 Å². The van der Waals surface area contributed by atoms with Crippen molar-refractivity contribution in [2.24, 2.45) is 0 Å². The van der Waals surface area contributed by atoms with Gasteiger partial charge in [0.2, 0.25) is 0 Å². The molecule has 1 aromatic rings. The number of piperidine rings is 1. The summed E-state index contributed by atoms with van der Waals surface area (Å²) >= 11 is 0. The Bertz CT molecular complexity index is 542. The monoisotopic (exact) mass is 292 g/mol. The van der Waals surface area contributed by atoms with E-state index in [9.17, 15) is 14.9 Å². The van der Waals surface area contributed by atoms with E-state index in [-0.39, 0.29) is 24.2 Å². The third-order valence-corrected chi connectivity index (χ3v) is 4.08. The van der Waals surface area contributed by atoms with E-state index >= 15 is 0 Å². The zero-order chi connectivity index (χ0) is 15.4. The number of benzene rings is 1. The van der Waals surface area contributed by atoms with Gasteiger partial charge in [0.05, 0.1) is 4.92 Å². The van der Waals surface area contributed by atoms with Crippen molar-refractivity contribution in [3.8, 4) is 0 Å². The molecule has 0 radical (unpaired) electrons. The largest absolute Gasteiger partial charge is 0.396 e. The van der Waals surface area contributed by atoms with Crippen LogP contribution in [0.25, 0.3) is 0 Å². The van der Waals surface area contributed by atoms with Crippen molar-refractivity contribution < 1.29 is 14.8 Å². The van der Waals surface area contributed by atoms with Crippen LogP contribution in [0, 0.1) is 17.0 Å². The van der Waals surface area contributed by atoms with E-state index in [0.29, 0.717) is 24.1 Å². The average molecular weight is 292 g/mol. The summed E-state index contributed by atoms with van der Waals surface area (Å²) in [7, 11) is 0. The van der Waals surface area contributed by atoms with Gasteiger partial charge in [-0.15, -0.1) is 0 Å². The van der Waals surface area contributed by atoms with E-state index in [1.165, 1.54) is 6.07 Å². The first-order valence-corrected chi connectivity index (χ1v) is 7.22.